The van der Waals surface area contributed by atoms with Crippen LogP contribution in [0.5, 0.6) is 0 Å². The lowest BCUT2D eigenvalue weighted by Gasteiger charge is -2.23. The lowest BCUT2D eigenvalue weighted by Crippen LogP contribution is -2.17. The molecule has 0 spiro atoms. The molecule has 0 saturated heterocycles. The Balaban J connectivity index is 2.92. The summed E-state index contributed by atoms with van der Waals surface area (Å²) in [4.78, 5) is 27.5. The maximum absolute atomic E-state index is 10.3. The van der Waals surface area contributed by atoms with Crippen LogP contribution in [-0.2, 0) is 9.59 Å². The number of carbonyl (C=O) groups excluding carboxylic acids is 2. The van der Waals surface area contributed by atoms with Crippen molar-refractivity contribution in [3.8, 4) is 0 Å². The van der Waals surface area contributed by atoms with Gasteiger partial charge in [-0.15, -0.1) is 6.58 Å². The molecule has 0 bridgehead atoms. The standard InChI is InChI=1S/C12H11N2O2/c1-2-4-10-5-3-6-12(14-9-16)11(10)7-13-8-15/h2-3,5-6,11H,1,4,7H2. The van der Waals surface area contributed by atoms with E-state index in [4.69, 9.17) is 0 Å². The van der Waals surface area contributed by atoms with E-state index in [1.807, 2.05) is 6.08 Å². The van der Waals surface area contributed by atoms with Crippen molar-refractivity contribution in [1.29, 1.82) is 0 Å². The monoisotopic (exact) mass is 215 g/mol. The summed E-state index contributed by atoms with van der Waals surface area (Å²) in [6, 6.07) is 0. The van der Waals surface area contributed by atoms with Crippen molar-refractivity contribution >= 4 is 12.2 Å². The summed E-state index contributed by atoms with van der Waals surface area (Å²) >= 11 is 0. The highest BCUT2D eigenvalue weighted by Crippen LogP contribution is 2.31. The maximum atomic E-state index is 10.3. The van der Waals surface area contributed by atoms with Gasteiger partial charge in [-0.25, -0.2) is 14.6 Å². The number of aliphatic imine (C=N–C) groups is 2. The van der Waals surface area contributed by atoms with Crippen molar-refractivity contribution in [3.63, 3.8) is 0 Å². The molecule has 0 aromatic rings. The summed E-state index contributed by atoms with van der Waals surface area (Å²) in [5.41, 5.74) is 0.563. The Morgan fingerprint density at radius 1 is 1.44 bits per heavy atom. The van der Waals surface area contributed by atoms with Crippen LogP contribution in [0, 0.1) is 11.8 Å². The third-order valence-electron chi connectivity index (χ3n) is 2.28. The van der Waals surface area contributed by atoms with Crippen molar-refractivity contribution in [1.82, 2.24) is 0 Å². The minimum Gasteiger partial charge on any atom is -0.211 e. The maximum Gasteiger partial charge on any atom is 0.240 e. The summed E-state index contributed by atoms with van der Waals surface area (Å²) in [6.07, 6.45) is 10.8. The molecule has 4 heteroatoms. The van der Waals surface area contributed by atoms with Crippen LogP contribution in [0.15, 0.2) is 46.6 Å². The SMILES string of the molecule is C=CC[C]1C=CC=C(N=C=O)C1CN=C=O. The van der Waals surface area contributed by atoms with Gasteiger partial charge in [-0.05, 0) is 12.5 Å². The van der Waals surface area contributed by atoms with E-state index in [1.165, 1.54) is 12.2 Å². The minimum atomic E-state index is -0.161. The van der Waals surface area contributed by atoms with Gasteiger partial charge in [0.1, 0.15) is 0 Å². The first-order valence-electron chi connectivity index (χ1n) is 4.79. The second kappa shape index (κ2) is 6.46. The normalized spacial score (nSPS) is 19.2. The molecule has 0 aromatic heterocycles. The van der Waals surface area contributed by atoms with E-state index in [1.54, 1.807) is 18.2 Å². The number of isocyanates is 2. The zero-order valence-electron chi connectivity index (χ0n) is 8.72. The molecule has 1 rings (SSSR count). The molecule has 0 heterocycles. The molecule has 1 aliphatic rings. The third kappa shape index (κ3) is 2.99. The Morgan fingerprint density at radius 2 is 2.25 bits per heavy atom. The van der Waals surface area contributed by atoms with Crippen LogP contribution in [0.2, 0.25) is 0 Å². The highest BCUT2D eigenvalue weighted by Gasteiger charge is 2.24. The number of allylic oxidation sites excluding steroid dienone is 4. The molecule has 0 fully saturated rings. The van der Waals surface area contributed by atoms with E-state index in [0.29, 0.717) is 12.1 Å². The highest BCUT2D eigenvalue weighted by molar-refractivity contribution is 5.43. The van der Waals surface area contributed by atoms with Gasteiger partial charge in [-0.1, -0.05) is 18.2 Å². The van der Waals surface area contributed by atoms with Gasteiger partial charge in [0.2, 0.25) is 12.2 Å². The Morgan fingerprint density at radius 3 is 2.88 bits per heavy atom. The zero-order valence-corrected chi connectivity index (χ0v) is 8.72. The number of nitrogens with zero attached hydrogens (tertiary/aromatic N) is 2. The number of rotatable bonds is 5. The summed E-state index contributed by atoms with van der Waals surface area (Å²) in [6.45, 7) is 3.89. The lowest BCUT2D eigenvalue weighted by atomic mass is 9.83. The van der Waals surface area contributed by atoms with Gasteiger partial charge in [-0.2, -0.15) is 4.99 Å². The Hall–Kier alpha value is -2.02. The smallest absolute Gasteiger partial charge is 0.211 e. The van der Waals surface area contributed by atoms with Crippen LogP contribution in [0.1, 0.15) is 6.42 Å². The van der Waals surface area contributed by atoms with Crippen molar-refractivity contribution in [3.05, 3.63) is 42.5 Å². The van der Waals surface area contributed by atoms with Gasteiger partial charge in [0.15, 0.2) is 0 Å². The molecule has 0 amide bonds. The Labute approximate surface area is 93.8 Å². The quantitative estimate of drug-likeness (QED) is 0.399. The first-order valence-corrected chi connectivity index (χ1v) is 4.79. The van der Waals surface area contributed by atoms with E-state index in [9.17, 15) is 9.59 Å². The summed E-state index contributed by atoms with van der Waals surface area (Å²) in [5.74, 6) is 0.858. The molecule has 4 nitrogen and oxygen atoms in total. The molecule has 81 valence electrons. The molecular weight excluding hydrogens is 204 g/mol. The predicted molar refractivity (Wildman–Crippen MR) is 59.9 cm³/mol. The fourth-order valence-electron chi connectivity index (χ4n) is 1.58. The molecule has 0 aliphatic heterocycles. The largest absolute Gasteiger partial charge is 0.240 e. The zero-order chi connectivity index (χ0) is 11.8. The second-order valence-electron chi connectivity index (χ2n) is 3.21. The van der Waals surface area contributed by atoms with Gasteiger partial charge in [0, 0.05) is 11.8 Å². The van der Waals surface area contributed by atoms with Crippen LogP contribution >= 0.6 is 0 Å². The summed E-state index contributed by atoms with van der Waals surface area (Å²) in [5, 5.41) is 0. The fourth-order valence-corrected chi connectivity index (χ4v) is 1.58. The molecule has 1 aliphatic carbocycles. The van der Waals surface area contributed by atoms with E-state index in [2.05, 4.69) is 16.6 Å². The highest BCUT2D eigenvalue weighted by atomic mass is 16.1. The van der Waals surface area contributed by atoms with Crippen LogP contribution < -0.4 is 0 Å². The third-order valence-corrected chi connectivity index (χ3v) is 2.28. The van der Waals surface area contributed by atoms with Crippen molar-refractivity contribution in [2.45, 2.75) is 6.42 Å². The predicted octanol–water partition coefficient (Wildman–Crippen LogP) is 1.88. The lowest BCUT2D eigenvalue weighted by molar-refractivity contribution is 0.555. The molecule has 0 N–H and O–H groups in total. The topological polar surface area (TPSA) is 58.9 Å². The van der Waals surface area contributed by atoms with Crippen LogP contribution in [0.4, 0.5) is 0 Å². The van der Waals surface area contributed by atoms with Crippen molar-refractivity contribution < 1.29 is 9.59 Å². The summed E-state index contributed by atoms with van der Waals surface area (Å²) in [7, 11) is 0. The van der Waals surface area contributed by atoms with Crippen LogP contribution in [0.3, 0.4) is 0 Å². The van der Waals surface area contributed by atoms with E-state index in [-0.39, 0.29) is 12.5 Å². The van der Waals surface area contributed by atoms with Crippen molar-refractivity contribution in [2.75, 3.05) is 6.54 Å². The molecule has 16 heavy (non-hydrogen) atoms. The fraction of sp³-hybridized carbons (Fsp3) is 0.250. The minimum absolute atomic E-state index is 0.161. The number of hydrogen-bond donors (Lipinski definition) is 0. The summed E-state index contributed by atoms with van der Waals surface area (Å²) < 4.78 is 0. The van der Waals surface area contributed by atoms with Crippen LogP contribution in [-0.4, -0.2) is 18.7 Å². The van der Waals surface area contributed by atoms with E-state index in [0.717, 1.165) is 5.92 Å². The molecule has 1 unspecified atom stereocenters. The van der Waals surface area contributed by atoms with Gasteiger partial charge in [-0.3, -0.25) is 0 Å². The molecule has 0 saturated carbocycles. The van der Waals surface area contributed by atoms with Crippen molar-refractivity contribution in [2.24, 2.45) is 15.9 Å². The van der Waals surface area contributed by atoms with Gasteiger partial charge >= 0.3 is 0 Å². The first kappa shape index (κ1) is 12.1. The van der Waals surface area contributed by atoms with Gasteiger partial charge in [0.05, 0.1) is 12.2 Å². The average molecular weight is 215 g/mol. The molecule has 0 aromatic carbocycles. The average Bonchev–Trinajstić information content (AvgIpc) is 2.29. The molecule has 1 radical (unpaired) electrons. The Bertz CT molecular complexity index is 411. The second-order valence-corrected chi connectivity index (χ2v) is 3.21. The Kier molecular flexibility index (Phi) is 4.87. The van der Waals surface area contributed by atoms with E-state index >= 15 is 0 Å². The van der Waals surface area contributed by atoms with Gasteiger partial charge < -0.3 is 0 Å². The number of hydrogen-bond acceptors (Lipinski definition) is 4. The first-order chi connectivity index (χ1) is 7.83. The van der Waals surface area contributed by atoms with E-state index < -0.39 is 0 Å². The molecular formula is C12H11N2O2. The molecule has 1 atom stereocenters. The van der Waals surface area contributed by atoms with Crippen LogP contribution in [0.25, 0.3) is 0 Å². The van der Waals surface area contributed by atoms with Gasteiger partial charge in [0.25, 0.3) is 0 Å².